The molecule has 154 valence electrons. The Balaban J connectivity index is 1.24. The number of nitrogens with one attached hydrogen (secondary N) is 1. The maximum absolute atomic E-state index is 13.2. The smallest absolute Gasteiger partial charge is 0.255 e. The van der Waals surface area contributed by atoms with Crippen molar-refractivity contribution in [1.29, 1.82) is 0 Å². The first-order chi connectivity index (χ1) is 15.1. The summed E-state index contributed by atoms with van der Waals surface area (Å²) in [7, 11) is 0. The van der Waals surface area contributed by atoms with E-state index < -0.39 is 0 Å². The zero-order valence-electron chi connectivity index (χ0n) is 17.1. The topological polar surface area (TPSA) is 62.3 Å². The monoisotopic (exact) mass is 409 g/mol. The lowest BCUT2D eigenvalue weighted by atomic mass is 9.80. The van der Waals surface area contributed by atoms with Crippen LogP contribution < -0.4 is 10.2 Å². The third kappa shape index (κ3) is 2.73. The largest absolute Gasteiger partial charge is 0.320 e. The molecule has 3 fully saturated rings. The summed E-state index contributed by atoms with van der Waals surface area (Å²) in [5.74, 6) is 1.51. The van der Waals surface area contributed by atoms with Crippen LogP contribution in [0.15, 0.2) is 73.1 Å². The lowest BCUT2D eigenvalue weighted by Crippen LogP contribution is -2.28. The van der Waals surface area contributed by atoms with Crippen molar-refractivity contribution in [2.24, 2.45) is 23.7 Å². The Morgan fingerprint density at radius 1 is 1.00 bits per heavy atom. The van der Waals surface area contributed by atoms with Crippen LogP contribution in [0.2, 0.25) is 0 Å². The van der Waals surface area contributed by atoms with Gasteiger partial charge in [0.15, 0.2) is 0 Å². The van der Waals surface area contributed by atoms with Gasteiger partial charge in [0.25, 0.3) is 5.91 Å². The van der Waals surface area contributed by atoms with Crippen molar-refractivity contribution >= 4 is 34.1 Å². The van der Waals surface area contributed by atoms with E-state index in [0.29, 0.717) is 29.0 Å². The molecule has 5 heteroatoms. The molecule has 2 amide bonds. The number of para-hydroxylation sites is 1. The first-order valence-electron chi connectivity index (χ1n) is 10.9. The van der Waals surface area contributed by atoms with Crippen LogP contribution in [0.25, 0.3) is 10.9 Å². The summed E-state index contributed by atoms with van der Waals surface area (Å²) in [4.78, 5) is 32.2. The Kier molecular flexibility index (Phi) is 4.00. The van der Waals surface area contributed by atoms with Gasteiger partial charge >= 0.3 is 0 Å². The van der Waals surface area contributed by atoms with Crippen molar-refractivity contribution in [2.45, 2.75) is 19.3 Å². The van der Waals surface area contributed by atoms with Gasteiger partial charge in [0.2, 0.25) is 5.91 Å². The lowest BCUT2D eigenvalue weighted by molar-refractivity contribution is -0.122. The van der Waals surface area contributed by atoms with Crippen LogP contribution in [-0.2, 0) is 4.79 Å². The van der Waals surface area contributed by atoms with E-state index in [1.807, 2.05) is 42.5 Å². The third-order valence-corrected chi connectivity index (χ3v) is 7.36. The van der Waals surface area contributed by atoms with E-state index in [-0.39, 0.29) is 17.7 Å². The molecule has 2 heterocycles. The van der Waals surface area contributed by atoms with Gasteiger partial charge in [-0.25, -0.2) is 0 Å². The zero-order chi connectivity index (χ0) is 21.1. The Morgan fingerprint density at radius 3 is 2.52 bits per heavy atom. The van der Waals surface area contributed by atoms with Crippen molar-refractivity contribution in [1.82, 2.24) is 4.98 Å². The second-order valence-electron chi connectivity index (χ2n) is 8.93. The van der Waals surface area contributed by atoms with Gasteiger partial charge in [0.05, 0.1) is 17.1 Å². The van der Waals surface area contributed by atoms with E-state index in [9.17, 15) is 9.59 Å². The van der Waals surface area contributed by atoms with E-state index in [4.69, 9.17) is 0 Å². The number of hydrogen-bond donors (Lipinski definition) is 1. The van der Waals surface area contributed by atoms with Gasteiger partial charge < -0.3 is 5.32 Å². The highest BCUT2D eigenvalue weighted by atomic mass is 16.2. The summed E-state index contributed by atoms with van der Waals surface area (Å²) in [5.41, 5.74) is 3.70. The molecule has 5 nitrogen and oxygen atoms in total. The average Bonchev–Trinajstić information content (AvgIpc) is 3.48. The molecule has 0 unspecified atom stereocenters. The Bertz CT molecular complexity index is 1200. The molecule has 2 bridgehead atoms. The number of hydrogen-bond acceptors (Lipinski definition) is 3. The van der Waals surface area contributed by atoms with E-state index in [0.717, 1.165) is 22.3 Å². The molecule has 3 aliphatic rings. The number of fused-ring (bicyclic) bond motifs is 6. The minimum Gasteiger partial charge on any atom is -0.320 e. The van der Waals surface area contributed by atoms with Crippen LogP contribution in [0, 0.1) is 23.7 Å². The number of nitrogens with zero attached hydrogens (tertiary/aromatic N) is 2. The Morgan fingerprint density at radius 2 is 1.74 bits per heavy atom. The number of aromatic nitrogens is 1. The normalized spacial score (nSPS) is 26.5. The zero-order valence-corrected chi connectivity index (χ0v) is 17.1. The maximum Gasteiger partial charge on any atom is 0.255 e. The van der Waals surface area contributed by atoms with Crippen molar-refractivity contribution in [3.8, 4) is 0 Å². The van der Waals surface area contributed by atoms with Gasteiger partial charge in [-0.15, -0.1) is 0 Å². The van der Waals surface area contributed by atoms with Crippen molar-refractivity contribution in [2.75, 3.05) is 10.2 Å². The molecule has 6 rings (SSSR count). The predicted molar refractivity (Wildman–Crippen MR) is 121 cm³/mol. The number of rotatable bonds is 3. The molecule has 0 radical (unpaired) electrons. The highest BCUT2D eigenvalue weighted by Gasteiger charge is 2.58. The molecule has 1 saturated heterocycles. The second kappa shape index (κ2) is 6.77. The summed E-state index contributed by atoms with van der Waals surface area (Å²) in [6.45, 7) is 4.29. The van der Waals surface area contributed by atoms with Crippen LogP contribution in [-0.4, -0.2) is 16.8 Å². The SMILES string of the molecule is C=C1[C@H]2[C@H]3CC[C@H](C3)[C@H]2C(=O)N1c1ccc(C(=O)Nc2cccc3cccnc23)cc1. The molecular weight excluding hydrogens is 386 g/mol. The maximum atomic E-state index is 13.2. The van der Waals surface area contributed by atoms with E-state index in [1.54, 1.807) is 23.2 Å². The van der Waals surface area contributed by atoms with Crippen LogP contribution in [0.1, 0.15) is 29.6 Å². The minimum atomic E-state index is -0.203. The van der Waals surface area contributed by atoms with Crippen molar-refractivity contribution < 1.29 is 9.59 Å². The average molecular weight is 409 g/mol. The number of pyridine rings is 1. The number of anilines is 2. The van der Waals surface area contributed by atoms with Crippen LogP contribution in [0.4, 0.5) is 11.4 Å². The number of carbonyl (C=O) groups excluding carboxylic acids is 2. The lowest BCUT2D eigenvalue weighted by Gasteiger charge is -2.22. The van der Waals surface area contributed by atoms with Gasteiger partial charge in [-0.05, 0) is 67.5 Å². The van der Waals surface area contributed by atoms with Gasteiger partial charge in [0.1, 0.15) is 0 Å². The summed E-state index contributed by atoms with van der Waals surface area (Å²) >= 11 is 0. The second-order valence-corrected chi connectivity index (χ2v) is 8.93. The summed E-state index contributed by atoms with van der Waals surface area (Å²) < 4.78 is 0. The predicted octanol–water partition coefficient (Wildman–Crippen LogP) is 5.01. The molecule has 1 aliphatic heterocycles. The third-order valence-electron chi connectivity index (χ3n) is 7.36. The summed E-state index contributed by atoms with van der Waals surface area (Å²) in [5, 5.41) is 3.93. The van der Waals surface area contributed by atoms with E-state index in [2.05, 4.69) is 16.9 Å². The molecule has 4 atom stereocenters. The van der Waals surface area contributed by atoms with Crippen LogP contribution >= 0.6 is 0 Å². The highest BCUT2D eigenvalue weighted by molar-refractivity contribution is 6.09. The van der Waals surface area contributed by atoms with Crippen molar-refractivity contribution in [3.05, 3.63) is 78.6 Å². The molecular formula is C26H23N3O2. The molecule has 1 N–H and O–H groups in total. The molecule has 2 aliphatic carbocycles. The number of amides is 2. The molecule has 3 aromatic rings. The first kappa shape index (κ1) is 18.3. The Labute approximate surface area is 180 Å². The van der Waals surface area contributed by atoms with E-state index >= 15 is 0 Å². The van der Waals surface area contributed by atoms with Crippen molar-refractivity contribution in [3.63, 3.8) is 0 Å². The quantitative estimate of drug-likeness (QED) is 0.661. The summed E-state index contributed by atoms with van der Waals surface area (Å²) in [6, 6.07) is 16.8. The van der Waals surface area contributed by atoms with Gasteiger partial charge in [0, 0.05) is 34.4 Å². The van der Waals surface area contributed by atoms with Crippen LogP contribution in [0.5, 0.6) is 0 Å². The van der Waals surface area contributed by atoms with E-state index in [1.165, 1.54) is 19.3 Å². The fraction of sp³-hybridized carbons (Fsp3) is 0.269. The Hall–Kier alpha value is -3.47. The number of allylic oxidation sites excluding steroid dienone is 1. The van der Waals surface area contributed by atoms with Gasteiger partial charge in [-0.1, -0.05) is 24.8 Å². The highest BCUT2D eigenvalue weighted by Crippen LogP contribution is 2.59. The van der Waals surface area contributed by atoms with Gasteiger partial charge in [-0.2, -0.15) is 0 Å². The minimum absolute atomic E-state index is 0.105. The fourth-order valence-corrected chi connectivity index (χ4v) is 6.02. The molecule has 0 spiro atoms. The summed E-state index contributed by atoms with van der Waals surface area (Å²) in [6.07, 6.45) is 5.28. The molecule has 2 aromatic carbocycles. The number of benzene rings is 2. The standard InChI is InChI=1S/C26H23N3O2/c1-15-22-18-7-8-19(14-18)23(22)26(31)29(15)20-11-9-17(10-12-20)25(30)28-21-6-2-4-16-5-3-13-27-24(16)21/h2-6,9-13,18-19,22-23H,1,7-8,14H2,(H,28,30)/t18-,19+,22-,23+/m0/s1. The fourth-order valence-electron chi connectivity index (χ4n) is 6.02. The molecule has 31 heavy (non-hydrogen) atoms. The molecule has 2 saturated carbocycles. The van der Waals surface area contributed by atoms with Crippen LogP contribution in [0.3, 0.4) is 0 Å². The first-order valence-corrected chi connectivity index (χ1v) is 10.9. The molecule has 1 aromatic heterocycles. The number of carbonyl (C=O) groups is 2. The van der Waals surface area contributed by atoms with Gasteiger partial charge in [-0.3, -0.25) is 19.5 Å².